The molecule has 3 aliphatic rings. The Labute approximate surface area is 345 Å². The van der Waals surface area contributed by atoms with Crippen LogP contribution in [-0.2, 0) is 22.4 Å². The number of anilines is 2. The quantitative estimate of drug-likeness (QED) is 0.0932. The van der Waals surface area contributed by atoms with Gasteiger partial charge in [-0.3, -0.25) is 0 Å². The number of para-hydroxylation sites is 4. The van der Waals surface area contributed by atoms with Crippen LogP contribution < -0.4 is 25.8 Å². The van der Waals surface area contributed by atoms with Crippen LogP contribution in [0.25, 0.3) is 16.4 Å². The maximum atomic E-state index is 4.94. The number of benzene rings is 6. The minimum Gasteiger partial charge on any atom is -0.683 e. The zero-order valence-electron chi connectivity index (χ0n) is 33.3. The number of rotatable bonds is 6. The number of hydrogen-bond donors (Lipinski definition) is 0. The van der Waals surface area contributed by atoms with Crippen LogP contribution in [-0.4, -0.2) is 19.8 Å². The normalized spacial score (nSPS) is 13.4. The Balaban J connectivity index is 0.000000181. The molecule has 0 fully saturated rings. The molecule has 3 aliphatic heterocycles. The van der Waals surface area contributed by atoms with E-state index in [0.29, 0.717) is 23.7 Å². The molecular weight excluding hydrogens is 760 g/mol. The smallest absolute Gasteiger partial charge is 0.238 e. The Morgan fingerprint density at radius 2 is 1.00 bits per heavy atom. The minimum absolute atomic E-state index is 0. The summed E-state index contributed by atoms with van der Waals surface area (Å²) in [6, 6.07) is 48.2. The first kappa shape index (κ1) is 38.7. The molecule has 0 bridgehead atoms. The molecule has 0 amide bonds. The summed E-state index contributed by atoms with van der Waals surface area (Å²) in [4.78, 5) is 2.35. The van der Waals surface area contributed by atoms with Crippen LogP contribution in [0.5, 0.6) is 0 Å². The van der Waals surface area contributed by atoms with Crippen molar-refractivity contribution in [2.24, 2.45) is 0 Å². The van der Waals surface area contributed by atoms with Crippen molar-refractivity contribution in [3.63, 3.8) is 0 Å². The minimum atomic E-state index is 0. The standard InChI is InChI=1S/C31H38BN.C18H12BN2.Ag/c1-20(2)24-13-11-14-25(21(3)4)30(24)32-19-33(29-18-10-9-17-28(29)32)31-26(22(5)6)15-12-16-27(31)23(7)8;1-3-9-15-13(7-1)14-8-2-5-11-17(14)21-18-12-6-4-10-16(18)20-19(15)21;/h9-18,20-23H,1-8H3;1-12H;/q;-1;. The van der Waals surface area contributed by atoms with Crippen LogP contribution in [0.15, 0.2) is 133 Å². The van der Waals surface area contributed by atoms with E-state index >= 15 is 0 Å². The summed E-state index contributed by atoms with van der Waals surface area (Å²) in [6.07, 6.45) is 4.00. The van der Waals surface area contributed by atoms with E-state index in [-0.39, 0.29) is 36.1 Å². The van der Waals surface area contributed by atoms with Gasteiger partial charge in [-0.1, -0.05) is 198 Å². The molecule has 1 radical (unpaired) electrons. The summed E-state index contributed by atoms with van der Waals surface area (Å²) >= 11 is 0. The molecule has 3 heterocycles. The molecule has 6 aromatic carbocycles. The maximum Gasteiger partial charge on any atom is 0.238 e. The van der Waals surface area contributed by atoms with E-state index in [1.54, 1.807) is 0 Å². The summed E-state index contributed by atoms with van der Waals surface area (Å²) in [5, 5.41) is 4.94. The Morgan fingerprint density at radius 1 is 0.509 bits per heavy atom. The van der Waals surface area contributed by atoms with E-state index in [9.17, 15) is 0 Å². The first-order chi connectivity index (χ1) is 26.2. The Morgan fingerprint density at radius 3 is 1.62 bits per heavy atom. The van der Waals surface area contributed by atoms with Crippen molar-refractivity contribution < 1.29 is 22.4 Å². The van der Waals surface area contributed by atoms with Crippen LogP contribution in [0.1, 0.15) is 101 Å². The third-order valence-corrected chi connectivity index (χ3v) is 11.4. The second-order valence-electron chi connectivity index (χ2n) is 16.2. The van der Waals surface area contributed by atoms with Crippen molar-refractivity contribution in [2.45, 2.75) is 79.1 Å². The number of hydrogen-bond acceptors (Lipinski definition) is 1. The molecule has 0 N–H and O–H groups in total. The predicted molar refractivity (Wildman–Crippen MR) is 236 cm³/mol. The summed E-state index contributed by atoms with van der Waals surface area (Å²) in [7, 11) is 0. The van der Waals surface area contributed by atoms with Gasteiger partial charge < -0.3 is 14.6 Å². The van der Waals surface area contributed by atoms with E-state index in [2.05, 4.69) is 204 Å². The van der Waals surface area contributed by atoms with Crippen molar-refractivity contribution >= 4 is 64.6 Å². The van der Waals surface area contributed by atoms with Gasteiger partial charge in [-0.25, -0.2) is 0 Å². The second kappa shape index (κ2) is 15.9. The Kier molecular flexibility index (Phi) is 11.2. The fourth-order valence-corrected chi connectivity index (χ4v) is 8.77. The van der Waals surface area contributed by atoms with Crippen molar-refractivity contribution in [3.8, 4) is 11.1 Å². The molecule has 3 nitrogen and oxygen atoms in total. The molecule has 279 valence electrons. The molecule has 6 heteroatoms. The third-order valence-electron chi connectivity index (χ3n) is 11.4. The molecule has 55 heavy (non-hydrogen) atoms. The molecule has 0 saturated carbocycles. The first-order valence-corrected chi connectivity index (χ1v) is 19.8. The van der Waals surface area contributed by atoms with Crippen LogP contribution >= 0.6 is 0 Å². The van der Waals surface area contributed by atoms with Gasteiger partial charge in [0.05, 0.1) is 11.8 Å². The Hall–Kier alpha value is -4.54. The molecule has 0 aliphatic carbocycles. The maximum absolute atomic E-state index is 4.94. The predicted octanol–water partition coefficient (Wildman–Crippen LogP) is 11.3. The number of fused-ring (bicyclic) bond motifs is 9. The van der Waals surface area contributed by atoms with E-state index in [1.165, 1.54) is 72.5 Å². The van der Waals surface area contributed by atoms with Gasteiger partial charge in [-0.2, -0.15) is 0 Å². The Bertz CT molecular complexity index is 2330. The number of nitrogens with zero attached hydrogens (tertiary/aromatic N) is 3. The fraction of sp³-hybridized carbons (Fsp3) is 0.245. The van der Waals surface area contributed by atoms with Gasteiger partial charge in [-0.15, -0.1) is 5.69 Å². The summed E-state index contributed by atoms with van der Waals surface area (Å²) in [5.41, 5.74) is 18.5. The largest absolute Gasteiger partial charge is 0.683 e. The molecule has 0 atom stereocenters. The molecular formula is C49H50AgB2N3-. The van der Waals surface area contributed by atoms with Gasteiger partial charge in [0.1, 0.15) is 5.69 Å². The van der Waals surface area contributed by atoms with Gasteiger partial charge >= 0.3 is 0 Å². The van der Waals surface area contributed by atoms with Crippen molar-refractivity contribution in [3.05, 3.63) is 161 Å². The average Bonchev–Trinajstić information content (AvgIpc) is 3.77. The zero-order chi connectivity index (χ0) is 37.7. The molecule has 0 unspecified atom stereocenters. The third kappa shape index (κ3) is 6.86. The molecule has 6 aromatic rings. The topological polar surface area (TPSA) is 20.4 Å². The van der Waals surface area contributed by atoms with Gasteiger partial charge in [0.2, 0.25) is 6.71 Å². The molecule has 0 spiro atoms. The summed E-state index contributed by atoms with van der Waals surface area (Å²) < 4.78 is 2.39. The van der Waals surface area contributed by atoms with E-state index in [1.807, 2.05) is 0 Å². The van der Waals surface area contributed by atoms with Crippen molar-refractivity contribution in [1.29, 1.82) is 0 Å². The van der Waals surface area contributed by atoms with Gasteiger partial charge in [-0.05, 0) is 58.6 Å². The summed E-state index contributed by atoms with van der Waals surface area (Å²) in [6.45, 7) is 18.6. The molecule has 0 aromatic heterocycles. The monoisotopic (exact) mass is 809 g/mol. The van der Waals surface area contributed by atoms with E-state index in [4.69, 9.17) is 5.23 Å². The average molecular weight is 810 g/mol. The van der Waals surface area contributed by atoms with Crippen molar-refractivity contribution in [2.75, 3.05) is 4.81 Å². The first-order valence-electron chi connectivity index (χ1n) is 19.8. The van der Waals surface area contributed by atoms with Gasteiger partial charge in [0.15, 0.2) is 6.98 Å². The molecule has 9 rings (SSSR count). The second-order valence-corrected chi connectivity index (χ2v) is 16.2. The van der Waals surface area contributed by atoms with Crippen LogP contribution in [0.4, 0.5) is 28.4 Å². The summed E-state index contributed by atoms with van der Waals surface area (Å²) in [5.74, 6) is 1.83. The van der Waals surface area contributed by atoms with Gasteiger partial charge in [0, 0.05) is 39.3 Å². The SMILES string of the molecule is CC(C)c1cccc(C(C)C)c1B1[C-]=[N+](c2c(C(C)C)cccc2C(C)C)c2ccccc21.[Ag].c1ccc2c(c1)[N-]B1c3ccccc3-c3ccccc3N12. The molecule has 0 saturated heterocycles. The van der Waals surface area contributed by atoms with Crippen LogP contribution in [0.2, 0.25) is 0 Å². The fourth-order valence-electron chi connectivity index (χ4n) is 8.77. The van der Waals surface area contributed by atoms with Crippen LogP contribution in [0.3, 0.4) is 0 Å². The van der Waals surface area contributed by atoms with E-state index in [0.717, 1.165) is 5.69 Å². The zero-order valence-corrected chi connectivity index (χ0v) is 34.8. The van der Waals surface area contributed by atoms with E-state index < -0.39 is 0 Å². The van der Waals surface area contributed by atoms with Crippen LogP contribution in [0, 0.1) is 0 Å². The van der Waals surface area contributed by atoms with Gasteiger partial charge in [0.25, 0.3) is 0 Å². The van der Waals surface area contributed by atoms with Crippen molar-refractivity contribution in [1.82, 2.24) is 4.58 Å².